The van der Waals surface area contributed by atoms with Gasteiger partial charge in [0.2, 0.25) is 6.79 Å². The number of β-amino-alcohol motifs (C(OH)–C–C–N with tert-alkyl or cyclic N) is 1. The SMILES string of the molecule is O[C@@H]1CN(Cc2cccc(Cl)c2)CC[C@H]1c1ccc2c(c1)OCO2. The fourth-order valence-corrected chi connectivity index (χ4v) is 3.78. The van der Waals surface area contributed by atoms with Crippen molar-refractivity contribution in [2.45, 2.75) is 25.0 Å². The summed E-state index contributed by atoms with van der Waals surface area (Å²) in [6, 6.07) is 13.9. The molecular formula is C19H20ClNO3. The molecule has 126 valence electrons. The lowest BCUT2D eigenvalue weighted by Crippen LogP contribution is -2.42. The molecule has 0 radical (unpaired) electrons. The molecule has 2 atom stereocenters. The maximum absolute atomic E-state index is 10.6. The molecule has 4 rings (SSSR count). The van der Waals surface area contributed by atoms with Gasteiger partial charge in [0.25, 0.3) is 0 Å². The number of aliphatic hydroxyl groups excluding tert-OH is 1. The van der Waals surface area contributed by atoms with Crippen molar-refractivity contribution in [3.8, 4) is 11.5 Å². The number of benzene rings is 2. The highest BCUT2D eigenvalue weighted by Crippen LogP contribution is 2.37. The zero-order valence-electron chi connectivity index (χ0n) is 13.3. The molecule has 2 aliphatic heterocycles. The van der Waals surface area contributed by atoms with Crippen LogP contribution in [-0.2, 0) is 6.54 Å². The largest absolute Gasteiger partial charge is 0.454 e. The first-order valence-electron chi connectivity index (χ1n) is 8.23. The maximum Gasteiger partial charge on any atom is 0.231 e. The molecule has 1 N–H and O–H groups in total. The summed E-state index contributed by atoms with van der Waals surface area (Å²) in [6.45, 7) is 2.69. The van der Waals surface area contributed by atoms with E-state index in [0.717, 1.165) is 41.6 Å². The number of hydrogen-bond donors (Lipinski definition) is 1. The summed E-state index contributed by atoms with van der Waals surface area (Å²) in [5.41, 5.74) is 2.30. The van der Waals surface area contributed by atoms with Crippen molar-refractivity contribution in [1.82, 2.24) is 4.90 Å². The van der Waals surface area contributed by atoms with Crippen LogP contribution in [0.2, 0.25) is 5.02 Å². The molecule has 0 aliphatic carbocycles. The van der Waals surface area contributed by atoms with Gasteiger partial charge in [-0.25, -0.2) is 0 Å². The Morgan fingerprint density at radius 3 is 2.83 bits per heavy atom. The molecule has 0 aromatic heterocycles. The van der Waals surface area contributed by atoms with Gasteiger partial charge in [-0.15, -0.1) is 0 Å². The van der Waals surface area contributed by atoms with E-state index in [1.807, 2.05) is 36.4 Å². The first-order valence-corrected chi connectivity index (χ1v) is 8.61. The lowest BCUT2D eigenvalue weighted by atomic mass is 9.86. The lowest BCUT2D eigenvalue weighted by molar-refractivity contribution is 0.0476. The number of nitrogens with zero attached hydrogens (tertiary/aromatic N) is 1. The summed E-state index contributed by atoms with van der Waals surface area (Å²) in [5.74, 6) is 1.70. The highest BCUT2D eigenvalue weighted by Gasteiger charge is 2.30. The third-order valence-corrected chi connectivity index (χ3v) is 5.02. The molecule has 0 amide bonds. The monoisotopic (exact) mass is 345 g/mol. The maximum atomic E-state index is 10.6. The highest BCUT2D eigenvalue weighted by molar-refractivity contribution is 6.30. The zero-order chi connectivity index (χ0) is 16.5. The molecule has 0 unspecified atom stereocenters. The van der Waals surface area contributed by atoms with Crippen LogP contribution in [0.25, 0.3) is 0 Å². The normalized spacial score (nSPS) is 23.4. The van der Waals surface area contributed by atoms with Crippen LogP contribution in [0.1, 0.15) is 23.5 Å². The van der Waals surface area contributed by atoms with Gasteiger partial charge in [-0.1, -0.05) is 29.8 Å². The molecule has 0 bridgehead atoms. The van der Waals surface area contributed by atoms with Crippen LogP contribution in [-0.4, -0.2) is 36.0 Å². The van der Waals surface area contributed by atoms with Crippen molar-refractivity contribution >= 4 is 11.6 Å². The van der Waals surface area contributed by atoms with Crippen LogP contribution in [0.4, 0.5) is 0 Å². The van der Waals surface area contributed by atoms with Crippen molar-refractivity contribution in [1.29, 1.82) is 0 Å². The van der Waals surface area contributed by atoms with Crippen LogP contribution in [0.3, 0.4) is 0 Å². The average molecular weight is 346 g/mol. The number of rotatable bonds is 3. The Labute approximate surface area is 146 Å². The van der Waals surface area contributed by atoms with Gasteiger partial charge in [0.05, 0.1) is 6.10 Å². The van der Waals surface area contributed by atoms with E-state index in [2.05, 4.69) is 11.0 Å². The molecule has 2 aromatic rings. The standard InChI is InChI=1S/C19H20ClNO3/c20-15-3-1-2-13(8-15)10-21-7-6-16(17(22)11-21)14-4-5-18-19(9-14)24-12-23-18/h1-5,8-9,16-17,22H,6-7,10-12H2/t16-,17+/m0/s1. The van der Waals surface area contributed by atoms with Gasteiger partial charge in [-0.05, 0) is 48.4 Å². The third-order valence-electron chi connectivity index (χ3n) is 4.79. The summed E-state index contributed by atoms with van der Waals surface area (Å²) in [5, 5.41) is 11.4. The van der Waals surface area contributed by atoms with Gasteiger partial charge in [0.15, 0.2) is 11.5 Å². The topological polar surface area (TPSA) is 41.9 Å². The second-order valence-electron chi connectivity index (χ2n) is 6.44. The number of ether oxygens (including phenoxy) is 2. The molecule has 4 nitrogen and oxygen atoms in total. The van der Waals surface area contributed by atoms with Gasteiger partial charge in [-0.3, -0.25) is 4.90 Å². The molecule has 1 saturated heterocycles. The number of hydrogen-bond acceptors (Lipinski definition) is 4. The number of piperidine rings is 1. The first kappa shape index (κ1) is 15.8. The van der Waals surface area contributed by atoms with E-state index in [0.29, 0.717) is 6.54 Å². The number of likely N-dealkylation sites (tertiary alicyclic amines) is 1. The van der Waals surface area contributed by atoms with Crippen LogP contribution >= 0.6 is 11.6 Å². The second-order valence-corrected chi connectivity index (χ2v) is 6.88. The van der Waals surface area contributed by atoms with E-state index < -0.39 is 6.10 Å². The molecule has 24 heavy (non-hydrogen) atoms. The van der Waals surface area contributed by atoms with Crippen LogP contribution in [0.15, 0.2) is 42.5 Å². The molecule has 2 aromatic carbocycles. The van der Waals surface area contributed by atoms with E-state index in [-0.39, 0.29) is 12.7 Å². The number of fused-ring (bicyclic) bond motifs is 1. The smallest absolute Gasteiger partial charge is 0.231 e. The van der Waals surface area contributed by atoms with Crippen molar-refractivity contribution in [3.05, 3.63) is 58.6 Å². The quantitative estimate of drug-likeness (QED) is 0.925. The van der Waals surface area contributed by atoms with Crippen molar-refractivity contribution in [3.63, 3.8) is 0 Å². The Bertz CT molecular complexity index is 736. The van der Waals surface area contributed by atoms with Crippen molar-refractivity contribution in [2.24, 2.45) is 0 Å². The predicted octanol–water partition coefficient (Wildman–Crippen LogP) is 3.42. The Hall–Kier alpha value is -1.75. The number of aliphatic hydroxyl groups is 1. The molecular weight excluding hydrogens is 326 g/mol. The van der Waals surface area contributed by atoms with Crippen molar-refractivity contribution < 1.29 is 14.6 Å². The molecule has 1 fully saturated rings. The van der Waals surface area contributed by atoms with Gasteiger partial charge >= 0.3 is 0 Å². The Balaban J connectivity index is 1.43. The van der Waals surface area contributed by atoms with Gasteiger partial charge in [-0.2, -0.15) is 0 Å². The molecule has 5 heteroatoms. The molecule has 0 spiro atoms. The lowest BCUT2D eigenvalue weighted by Gasteiger charge is -2.36. The van der Waals surface area contributed by atoms with Crippen molar-refractivity contribution in [2.75, 3.05) is 19.9 Å². The molecule has 2 heterocycles. The van der Waals surface area contributed by atoms with Gasteiger partial charge in [0.1, 0.15) is 0 Å². The predicted molar refractivity (Wildman–Crippen MR) is 92.7 cm³/mol. The minimum absolute atomic E-state index is 0.134. The fourth-order valence-electron chi connectivity index (χ4n) is 3.57. The van der Waals surface area contributed by atoms with Crippen LogP contribution in [0, 0.1) is 0 Å². The minimum atomic E-state index is -0.390. The fraction of sp³-hybridized carbons (Fsp3) is 0.368. The minimum Gasteiger partial charge on any atom is -0.454 e. The van der Waals surface area contributed by atoms with Gasteiger partial charge in [0, 0.05) is 24.0 Å². The van der Waals surface area contributed by atoms with E-state index in [1.165, 1.54) is 5.56 Å². The van der Waals surface area contributed by atoms with E-state index in [1.54, 1.807) is 0 Å². The third kappa shape index (κ3) is 3.22. The van der Waals surface area contributed by atoms with Gasteiger partial charge < -0.3 is 14.6 Å². The van der Waals surface area contributed by atoms with E-state index in [9.17, 15) is 5.11 Å². The van der Waals surface area contributed by atoms with Crippen LogP contribution < -0.4 is 9.47 Å². The summed E-state index contributed by atoms with van der Waals surface area (Å²) >= 11 is 6.05. The summed E-state index contributed by atoms with van der Waals surface area (Å²) in [7, 11) is 0. The average Bonchev–Trinajstić information content (AvgIpc) is 3.02. The number of halogens is 1. The zero-order valence-corrected chi connectivity index (χ0v) is 14.1. The summed E-state index contributed by atoms with van der Waals surface area (Å²) < 4.78 is 10.8. The van der Waals surface area contributed by atoms with E-state index >= 15 is 0 Å². The summed E-state index contributed by atoms with van der Waals surface area (Å²) in [4.78, 5) is 2.28. The first-order chi connectivity index (χ1) is 11.7. The summed E-state index contributed by atoms with van der Waals surface area (Å²) in [6.07, 6.45) is 0.528. The Morgan fingerprint density at radius 1 is 1.12 bits per heavy atom. The Kier molecular flexibility index (Phi) is 4.35. The van der Waals surface area contributed by atoms with Crippen LogP contribution in [0.5, 0.6) is 11.5 Å². The molecule has 2 aliphatic rings. The van der Waals surface area contributed by atoms with E-state index in [4.69, 9.17) is 21.1 Å². The highest BCUT2D eigenvalue weighted by atomic mass is 35.5. The molecule has 0 saturated carbocycles. The second kappa shape index (κ2) is 6.63. The Morgan fingerprint density at radius 2 is 2.00 bits per heavy atom.